The lowest BCUT2D eigenvalue weighted by molar-refractivity contribution is 0.540. The number of hydrogen-bond donors (Lipinski definition) is 1. The molecule has 3 aromatic rings. The number of thiophene rings is 1. The normalized spacial score (nSPS) is 12.9. The number of benzene rings is 1. The zero-order valence-corrected chi connectivity index (χ0v) is 13.6. The Hall–Kier alpha value is -1.65. The highest BCUT2D eigenvalue weighted by Gasteiger charge is 2.10. The Morgan fingerprint density at radius 3 is 2.81 bits per heavy atom. The molecule has 0 aliphatic rings. The molecule has 0 fully saturated rings. The summed E-state index contributed by atoms with van der Waals surface area (Å²) in [6.07, 6.45) is 1.07. The molecule has 0 bridgehead atoms. The Labute approximate surface area is 129 Å². The summed E-state index contributed by atoms with van der Waals surface area (Å²) in [5.74, 6) is 0. The Morgan fingerprint density at radius 2 is 2.05 bits per heavy atom. The summed E-state index contributed by atoms with van der Waals surface area (Å²) in [6.45, 7) is 5.21. The number of hydrogen-bond acceptors (Lipinski definition) is 3. The van der Waals surface area contributed by atoms with E-state index < -0.39 is 0 Å². The van der Waals surface area contributed by atoms with Crippen LogP contribution in [0.5, 0.6) is 0 Å². The van der Waals surface area contributed by atoms with Crippen molar-refractivity contribution in [2.24, 2.45) is 7.05 Å². The molecule has 0 spiro atoms. The van der Waals surface area contributed by atoms with Gasteiger partial charge in [-0.2, -0.15) is 5.10 Å². The SMILES string of the molecule is Cc1ccc(CC(C)NCc2nn(C)c3ccccc23)s1. The molecule has 21 heavy (non-hydrogen) atoms. The first-order valence-corrected chi connectivity index (χ1v) is 8.14. The average Bonchev–Trinajstić information content (AvgIpc) is 3.01. The predicted molar refractivity (Wildman–Crippen MR) is 89.8 cm³/mol. The molecule has 0 aliphatic heterocycles. The van der Waals surface area contributed by atoms with Crippen molar-refractivity contribution >= 4 is 22.2 Å². The fraction of sp³-hybridized carbons (Fsp3) is 0.353. The van der Waals surface area contributed by atoms with Crippen LogP contribution in [0.25, 0.3) is 10.9 Å². The van der Waals surface area contributed by atoms with Crippen LogP contribution < -0.4 is 5.32 Å². The molecule has 4 heteroatoms. The van der Waals surface area contributed by atoms with E-state index in [4.69, 9.17) is 0 Å². The van der Waals surface area contributed by atoms with E-state index in [1.807, 2.05) is 23.1 Å². The molecule has 3 nitrogen and oxygen atoms in total. The van der Waals surface area contributed by atoms with Gasteiger partial charge in [-0.25, -0.2) is 0 Å². The molecular formula is C17H21N3S. The summed E-state index contributed by atoms with van der Waals surface area (Å²) in [5, 5.41) is 9.46. The number of aryl methyl sites for hydroxylation is 2. The third kappa shape index (κ3) is 3.17. The molecule has 110 valence electrons. The molecule has 0 aliphatic carbocycles. The van der Waals surface area contributed by atoms with Crippen LogP contribution >= 0.6 is 11.3 Å². The third-order valence-electron chi connectivity index (χ3n) is 3.76. The Morgan fingerprint density at radius 1 is 1.24 bits per heavy atom. The van der Waals surface area contributed by atoms with E-state index in [1.54, 1.807) is 0 Å². The molecule has 3 rings (SSSR count). The second-order valence-corrected chi connectivity index (χ2v) is 6.96. The number of aromatic nitrogens is 2. The molecule has 0 saturated carbocycles. The highest BCUT2D eigenvalue weighted by Crippen LogP contribution is 2.19. The van der Waals surface area contributed by atoms with Crippen molar-refractivity contribution in [2.75, 3.05) is 0 Å². The van der Waals surface area contributed by atoms with Gasteiger partial charge in [0.2, 0.25) is 0 Å². The second-order valence-electron chi connectivity index (χ2n) is 5.59. The molecule has 1 aromatic carbocycles. The Balaban J connectivity index is 1.66. The van der Waals surface area contributed by atoms with Gasteiger partial charge in [0.1, 0.15) is 0 Å². The van der Waals surface area contributed by atoms with E-state index in [0.717, 1.165) is 18.7 Å². The zero-order valence-electron chi connectivity index (χ0n) is 12.8. The van der Waals surface area contributed by atoms with Gasteiger partial charge in [-0.1, -0.05) is 18.2 Å². The predicted octanol–water partition coefficient (Wildman–Crippen LogP) is 3.66. The summed E-state index contributed by atoms with van der Waals surface area (Å²) in [7, 11) is 2.00. The number of nitrogens with zero attached hydrogens (tertiary/aromatic N) is 2. The maximum absolute atomic E-state index is 4.63. The monoisotopic (exact) mass is 299 g/mol. The molecule has 2 heterocycles. The zero-order chi connectivity index (χ0) is 14.8. The lowest BCUT2D eigenvalue weighted by atomic mass is 10.2. The van der Waals surface area contributed by atoms with E-state index >= 15 is 0 Å². The number of rotatable bonds is 5. The van der Waals surface area contributed by atoms with E-state index in [1.165, 1.54) is 20.7 Å². The van der Waals surface area contributed by atoms with Crippen molar-refractivity contribution in [3.8, 4) is 0 Å². The van der Waals surface area contributed by atoms with Crippen LogP contribution in [0.4, 0.5) is 0 Å². The number of nitrogens with one attached hydrogen (secondary N) is 1. The number of para-hydroxylation sites is 1. The highest BCUT2D eigenvalue weighted by atomic mass is 32.1. The fourth-order valence-corrected chi connectivity index (χ4v) is 3.68. The van der Waals surface area contributed by atoms with Gasteiger partial charge >= 0.3 is 0 Å². The molecular weight excluding hydrogens is 278 g/mol. The van der Waals surface area contributed by atoms with Crippen molar-refractivity contribution in [1.29, 1.82) is 0 Å². The van der Waals surface area contributed by atoms with Crippen LogP contribution in [0, 0.1) is 6.92 Å². The molecule has 1 atom stereocenters. The van der Waals surface area contributed by atoms with E-state index in [0.29, 0.717) is 6.04 Å². The van der Waals surface area contributed by atoms with Gasteiger partial charge in [-0.15, -0.1) is 11.3 Å². The summed E-state index contributed by atoms with van der Waals surface area (Å²) >= 11 is 1.88. The molecule has 1 N–H and O–H groups in total. The highest BCUT2D eigenvalue weighted by molar-refractivity contribution is 7.11. The van der Waals surface area contributed by atoms with Crippen molar-refractivity contribution in [1.82, 2.24) is 15.1 Å². The first-order chi connectivity index (χ1) is 10.1. The van der Waals surface area contributed by atoms with Crippen molar-refractivity contribution in [2.45, 2.75) is 32.9 Å². The lowest BCUT2D eigenvalue weighted by Gasteiger charge is -2.11. The van der Waals surface area contributed by atoms with Gasteiger partial charge in [0.25, 0.3) is 0 Å². The fourth-order valence-electron chi connectivity index (χ4n) is 2.66. The third-order valence-corrected chi connectivity index (χ3v) is 4.78. The average molecular weight is 299 g/mol. The molecule has 1 unspecified atom stereocenters. The minimum atomic E-state index is 0.448. The topological polar surface area (TPSA) is 29.9 Å². The van der Waals surface area contributed by atoms with E-state index in [9.17, 15) is 0 Å². The standard InChI is InChI=1S/C17H21N3S/c1-12(10-14-9-8-13(2)21-14)18-11-16-15-6-4-5-7-17(15)20(3)19-16/h4-9,12,18H,10-11H2,1-3H3. The van der Waals surface area contributed by atoms with E-state index in [2.05, 4.69) is 60.7 Å². The van der Waals surface area contributed by atoms with Gasteiger partial charge in [0.05, 0.1) is 11.2 Å². The summed E-state index contributed by atoms with van der Waals surface area (Å²) in [5.41, 5.74) is 2.32. The maximum Gasteiger partial charge on any atom is 0.0841 e. The van der Waals surface area contributed by atoms with Crippen LogP contribution in [0.1, 0.15) is 22.4 Å². The minimum absolute atomic E-state index is 0.448. The van der Waals surface area contributed by atoms with Gasteiger partial charge in [0.15, 0.2) is 0 Å². The van der Waals surface area contributed by atoms with Gasteiger partial charge in [-0.05, 0) is 38.5 Å². The Bertz CT molecular complexity index is 741. The van der Waals surface area contributed by atoms with Crippen LogP contribution in [0.15, 0.2) is 36.4 Å². The van der Waals surface area contributed by atoms with Crippen LogP contribution in [0.2, 0.25) is 0 Å². The van der Waals surface area contributed by atoms with Crippen LogP contribution in [-0.2, 0) is 20.0 Å². The maximum atomic E-state index is 4.63. The first kappa shape index (κ1) is 14.3. The van der Waals surface area contributed by atoms with Gasteiger partial charge in [-0.3, -0.25) is 4.68 Å². The minimum Gasteiger partial charge on any atom is -0.308 e. The lowest BCUT2D eigenvalue weighted by Crippen LogP contribution is -2.27. The largest absolute Gasteiger partial charge is 0.308 e. The van der Waals surface area contributed by atoms with Crippen molar-refractivity contribution in [3.63, 3.8) is 0 Å². The quantitative estimate of drug-likeness (QED) is 0.779. The summed E-state index contributed by atoms with van der Waals surface area (Å²) in [6, 6.07) is 13.3. The van der Waals surface area contributed by atoms with Gasteiger partial charge in [0, 0.05) is 34.8 Å². The molecule has 2 aromatic heterocycles. The van der Waals surface area contributed by atoms with Crippen molar-refractivity contribution < 1.29 is 0 Å². The van der Waals surface area contributed by atoms with Crippen LogP contribution in [-0.4, -0.2) is 15.8 Å². The molecule has 0 amide bonds. The van der Waals surface area contributed by atoms with Crippen molar-refractivity contribution in [3.05, 3.63) is 51.8 Å². The molecule has 0 radical (unpaired) electrons. The first-order valence-electron chi connectivity index (χ1n) is 7.33. The van der Waals surface area contributed by atoms with Crippen LogP contribution in [0.3, 0.4) is 0 Å². The second kappa shape index (κ2) is 6.00. The summed E-state index contributed by atoms with van der Waals surface area (Å²) in [4.78, 5) is 2.83. The smallest absolute Gasteiger partial charge is 0.0841 e. The Kier molecular flexibility index (Phi) is 4.08. The molecule has 0 saturated heterocycles. The van der Waals surface area contributed by atoms with Gasteiger partial charge < -0.3 is 5.32 Å². The van der Waals surface area contributed by atoms with E-state index in [-0.39, 0.29) is 0 Å². The number of fused-ring (bicyclic) bond motifs is 1. The summed E-state index contributed by atoms with van der Waals surface area (Å²) < 4.78 is 1.96.